The molecule has 0 saturated heterocycles. The maximum atomic E-state index is 12.8. The van der Waals surface area contributed by atoms with Crippen molar-refractivity contribution in [1.29, 1.82) is 0 Å². The standard InChI is InChI=1S/C12H10FN3O/c1-8-9(4-3-7-14-8)12(17)16-11-6-2-5-10(13)15-11/h2-7H,1H3,(H,15,16,17). The number of halogens is 1. The molecule has 2 heterocycles. The number of hydrogen-bond acceptors (Lipinski definition) is 3. The number of nitrogens with one attached hydrogen (secondary N) is 1. The van der Waals surface area contributed by atoms with Gasteiger partial charge in [-0.2, -0.15) is 4.39 Å². The van der Waals surface area contributed by atoms with E-state index in [2.05, 4.69) is 15.3 Å². The molecule has 0 radical (unpaired) electrons. The summed E-state index contributed by atoms with van der Waals surface area (Å²) in [6.07, 6.45) is 1.60. The molecule has 1 N–H and O–H groups in total. The van der Waals surface area contributed by atoms with Crippen LogP contribution >= 0.6 is 0 Å². The van der Waals surface area contributed by atoms with Gasteiger partial charge in [0, 0.05) is 11.9 Å². The molecule has 5 heteroatoms. The number of hydrogen-bond donors (Lipinski definition) is 1. The summed E-state index contributed by atoms with van der Waals surface area (Å²) >= 11 is 0. The van der Waals surface area contributed by atoms with Gasteiger partial charge in [-0.05, 0) is 31.2 Å². The minimum absolute atomic E-state index is 0.179. The van der Waals surface area contributed by atoms with Crippen LogP contribution in [-0.2, 0) is 0 Å². The van der Waals surface area contributed by atoms with Crippen molar-refractivity contribution in [3.05, 3.63) is 53.7 Å². The second-order valence-corrected chi connectivity index (χ2v) is 3.44. The lowest BCUT2D eigenvalue weighted by Crippen LogP contribution is -2.15. The Hall–Kier alpha value is -2.30. The molecule has 0 fully saturated rings. The number of aromatic nitrogens is 2. The quantitative estimate of drug-likeness (QED) is 0.806. The topological polar surface area (TPSA) is 54.9 Å². The van der Waals surface area contributed by atoms with Crippen molar-refractivity contribution < 1.29 is 9.18 Å². The lowest BCUT2D eigenvalue weighted by Gasteiger charge is -2.05. The summed E-state index contributed by atoms with van der Waals surface area (Å²) < 4.78 is 12.8. The molecule has 2 rings (SSSR count). The van der Waals surface area contributed by atoms with Crippen LogP contribution in [0.15, 0.2) is 36.5 Å². The molecule has 2 aromatic heterocycles. The summed E-state index contributed by atoms with van der Waals surface area (Å²) in [6, 6.07) is 7.53. The van der Waals surface area contributed by atoms with Crippen molar-refractivity contribution in [2.75, 3.05) is 5.32 Å². The van der Waals surface area contributed by atoms with E-state index in [0.29, 0.717) is 11.3 Å². The van der Waals surface area contributed by atoms with Crippen LogP contribution in [0, 0.1) is 12.9 Å². The van der Waals surface area contributed by atoms with Crippen molar-refractivity contribution in [3.63, 3.8) is 0 Å². The number of aryl methyl sites for hydroxylation is 1. The fourth-order valence-electron chi connectivity index (χ4n) is 1.39. The maximum absolute atomic E-state index is 12.8. The summed E-state index contributed by atoms with van der Waals surface area (Å²) in [7, 11) is 0. The van der Waals surface area contributed by atoms with E-state index in [1.165, 1.54) is 18.2 Å². The highest BCUT2D eigenvalue weighted by Gasteiger charge is 2.10. The van der Waals surface area contributed by atoms with E-state index in [0.717, 1.165) is 0 Å². The molecule has 0 atom stereocenters. The monoisotopic (exact) mass is 231 g/mol. The number of anilines is 1. The Morgan fingerprint density at radius 2 is 2.12 bits per heavy atom. The Balaban J connectivity index is 2.20. The lowest BCUT2D eigenvalue weighted by atomic mass is 10.2. The highest BCUT2D eigenvalue weighted by molar-refractivity contribution is 6.04. The van der Waals surface area contributed by atoms with Crippen molar-refractivity contribution in [1.82, 2.24) is 9.97 Å². The molecule has 4 nitrogen and oxygen atoms in total. The van der Waals surface area contributed by atoms with Crippen LogP contribution in [0.1, 0.15) is 16.1 Å². The summed E-state index contributed by atoms with van der Waals surface area (Å²) in [4.78, 5) is 19.4. The van der Waals surface area contributed by atoms with Crippen LogP contribution in [0.2, 0.25) is 0 Å². The van der Waals surface area contributed by atoms with E-state index in [1.54, 1.807) is 25.3 Å². The Morgan fingerprint density at radius 3 is 2.82 bits per heavy atom. The molecule has 17 heavy (non-hydrogen) atoms. The van der Waals surface area contributed by atoms with Gasteiger partial charge in [-0.3, -0.25) is 9.78 Å². The SMILES string of the molecule is Cc1ncccc1C(=O)Nc1cccc(F)n1. The second kappa shape index (κ2) is 4.69. The highest BCUT2D eigenvalue weighted by Crippen LogP contribution is 2.09. The van der Waals surface area contributed by atoms with Crippen molar-refractivity contribution in [2.45, 2.75) is 6.92 Å². The molecule has 86 valence electrons. The number of carbonyl (C=O) groups is 1. The Bertz CT molecular complexity index is 557. The predicted molar refractivity (Wildman–Crippen MR) is 61.1 cm³/mol. The molecule has 0 bridgehead atoms. The summed E-state index contributed by atoms with van der Waals surface area (Å²) in [5, 5.41) is 2.51. The minimum Gasteiger partial charge on any atom is -0.306 e. The third-order valence-corrected chi connectivity index (χ3v) is 2.21. The van der Waals surface area contributed by atoms with E-state index >= 15 is 0 Å². The van der Waals surface area contributed by atoms with E-state index in [-0.39, 0.29) is 11.7 Å². The van der Waals surface area contributed by atoms with E-state index in [9.17, 15) is 9.18 Å². The Labute approximate surface area is 97.5 Å². The van der Waals surface area contributed by atoms with Crippen molar-refractivity contribution in [3.8, 4) is 0 Å². The summed E-state index contributed by atoms with van der Waals surface area (Å²) in [6.45, 7) is 1.73. The number of carbonyl (C=O) groups excluding carboxylic acids is 1. The fourth-order valence-corrected chi connectivity index (χ4v) is 1.39. The zero-order chi connectivity index (χ0) is 12.3. The van der Waals surface area contributed by atoms with Gasteiger partial charge >= 0.3 is 0 Å². The smallest absolute Gasteiger partial charge is 0.258 e. The first kappa shape index (κ1) is 11.2. The summed E-state index contributed by atoms with van der Waals surface area (Å²) in [5.74, 6) is -0.808. The van der Waals surface area contributed by atoms with E-state index < -0.39 is 5.95 Å². The van der Waals surface area contributed by atoms with Crippen LogP contribution in [-0.4, -0.2) is 15.9 Å². The van der Waals surface area contributed by atoms with Crippen LogP contribution in [0.3, 0.4) is 0 Å². The van der Waals surface area contributed by atoms with Crippen molar-refractivity contribution >= 4 is 11.7 Å². The number of nitrogens with zero attached hydrogens (tertiary/aromatic N) is 2. The van der Waals surface area contributed by atoms with E-state index in [1.807, 2.05) is 0 Å². The Morgan fingerprint density at radius 1 is 1.29 bits per heavy atom. The largest absolute Gasteiger partial charge is 0.306 e. The molecule has 0 aliphatic rings. The Kier molecular flexibility index (Phi) is 3.09. The van der Waals surface area contributed by atoms with Gasteiger partial charge in [0.05, 0.1) is 5.56 Å². The van der Waals surface area contributed by atoms with Gasteiger partial charge in [0.25, 0.3) is 5.91 Å². The highest BCUT2D eigenvalue weighted by atomic mass is 19.1. The molecule has 0 unspecified atom stereocenters. The zero-order valence-corrected chi connectivity index (χ0v) is 9.14. The molecule has 1 amide bonds. The minimum atomic E-state index is -0.634. The predicted octanol–water partition coefficient (Wildman–Crippen LogP) is 2.18. The first-order valence-electron chi connectivity index (χ1n) is 5.02. The van der Waals surface area contributed by atoms with Crippen LogP contribution in [0.5, 0.6) is 0 Å². The molecule has 2 aromatic rings. The normalized spacial score (nSPS) is 10.0. The number of amides is 1. The van der Waals surface area contributed by atoms with Crippen molar-refractivity contribution in [2.24, 2.45) is 0 Å². The molecule has 0 aliphatic heterocycles. The van der Waals surface area contributed by atoms with Gasteiger partial charge in [0.2, 0.25) is 5.95 Å². The molecular formula is C12H10FN3O. The zero-order valence-electron chi connectivity index (χ0n) is 9.14. The van der Waals surface area contributed by atoms with Gasteiger partial charge in [-0.25, -0.2) is 4.98 Å². The van der Waals surface area contributed by atoms with Gasteiger partial charge in [0.15, 0.2) is 0 Å². The van der Waals surface area contributed by atoms with Crippen LogP contribution in [0.25, 0.3) is 0 Å². The van der Waals surface area contributed by atoms with E-state index in [4.69, 9.17) is 0 Å². The van der Waals surface area contributed by atoms with Gasteiger partial charge in [0.1, 0.15) is 5.82 Å². The maximum Gasteiger partial charge on any atom is 0.258 e. The molecule has 0 saturated carbocycles. The second-order valence-electron chi connectivity index (χ2n) is 3.44. The average Bonchev–Trinajstić information content (AvgIpc) is 2.29. The first-order chi connectivity index (χ1) is 8.16. The molecule has 0 spiro atoms. The number of rotatable bonds is 2. The first-order valence-corrected chi connectivity index (χ1v) is 5.02. The fraction of sp³-hybridized carbons (Fsp3) is 0.0833. The molecule has 0 aliphatic carbocycles. The van der Waals surface area contributed by atoms with Gasteiger partial charge in [-0.1, -0.05) is 6.07 Å². The molecule has 0 aromatic carbocycles. The average molecular weight is 231 g/mol. The number of pyridine rings is 2. The molecular weight excluding hydrogens is 221 g/mol. The third-order valence-electron chi connectivity index (χ3n) is 2.21. The third kappa shape index (κ3) is 2.63. The van der Waals surface area contributed by atoms with Gasteiger partial charge in [-0.15, -0.1) is 0 Å². The lowest BCUT2D eigenvalue weighted by molar-refractivity contribution is 0.102. The van der Waals surface area contributed by atoms with Gasteiger partial charge < -0.3 is 5.32 Å². The van der Waals surface area contributed by atoms with Crippen LogP contribution in [0.4, 0.5) is 10.2 Å². The summed E-state index contributed by atoms with van der Waals surface area (Å²) in [5.41, 5.74) is 1.06. The van der Waals surface area contributed by atoms with Crippen LogP contribution < -0.4 is 5.32 Å².